The van der Waals surface area contributed by atoms with Crippen molar-refractivity contribution in [2.45, 2.75) is 26.3 Å². The van der Waals surface area contributed by atoms with Crippen LogP contribution in [0.15, 0.2) is 61.4 Å². The number of hydrogen-bond acceptors (Lipinski definition) is 3. The Kier molecular flexibility index (Phi) is 5.01. The number of piperidine rings is 1. The van der Waals surface area contributed by atoms with E-state index in [0.29, 0.717) is 5.92 Å². The van der Waals surface area contributed by atoms with Crippen molar-refractivity contribution in [3.63, 3.8) is 0 Å². The normalized spacial score (nSPS) is 17.1. The van der Waals surface area contributed by atoms with Crippen LogP contribution in [0.25, 0.3) is 11.1 Å². The van der Waals surface area contributed by atoms with Gasteiger partial charge in [0.15, 0.2) is 0 Å². The molecule has 5 nitrogen and oxygen atoms in total. The van der Waals surface area contributed by atoms with Crippen molar-refractivity contribution in [3.05, 3.63) is 72.6 Å². The quantitative estimate of drug-likeness (QED) is 0.711. The van der Waals surface area contributed by atoms with Gasteiger partial charge in [-0.1, -0.05) is 12.1 Å². The molecule has 138 valence electrons. The van der Waals surface area contributed by atoms with Gasteiger partial charge in [-0.15, -0.1) is 0 Å². The first kappa shape index (κ1) is 17.5. The molecule has 2 aromatic heterocycles. The number of hydrogen-bond donors (Lipinski definition) is 0. The summed E-state index contributed by atoms with van der Waals surface area (Å²) in [6.45, 7) is 4.59. The van der Waals surface area contributed by atoms with Crippen LogP contribution in [0.3, 0.4) is 0 Å². The smallest absolute Gasteiger partial charge is 0.253 e. The second-order valence-corrected chi connectivity index (χ2v) is 7.29. The van der Waals surface area contributed by atoms with Crippen LogP contribution in [0.1, 0.15) is 28.8 Å². The molecule has 1 atom stereocenters. The molecule has 1 fully saturated rings. The fourth-order valence-corrected chi connectivity index (χ4v) is 3.89. The topological polar surface area (TPSA) is 51.0 Å². The lowest BCUT2D eigenvalue weighted by molar-refractivity contribution is 0.0662. The highest BCUT2D eigenvalue weighted by atomic mass is 16.2. The van der Waals surface area contributed by atoms with Crippen LogP contribution in [-0.2, 0) is 6.54 Å². The van der Waals surface area contributed by atoms with Gasteiger partial charge in [-0.25, -0.2) is 4.98 Å². The average Bonchev–Trinajstić information content (AvgIpc) is 3.21. The zero-order valence-corrected chi connectivity index (χ0v) is 15.6. The summed E-state index contributed by atoms with van der Waals surface area (Å²) in [6.07, 6.45) is 11.5. The molecule has 1 amide bonds. The molecule has 0 radical (unpaired) electrons. The number of carbonyl (C=O) groups excluding carboxylic acids is 1. The van der Waals surface area contributed by atoms with Crippen LogP contribution in [0.4, 0.5) is 0 Å². The van der Waals surface area contributed by atoms with Gasteiger partial charge in [-0.05, 0) is 60.6 Å². The van der Waals surface area contributed by atoms with Crippen molar-refractivity contribution in [1.82, 2.24) is 19.4 Å². The van der Waals surface area contributed by atoms with Crippen molar-refractivity contribution >= 4 is 5.91 Å². The molecule has 0 spiro atoms. The van der Waals surface area contributed by atoms with Crippen molar-refractivity contribution in [3.8, 4) is 11.1 Å². The minimum absolute atomic E-state index is 0.124. The number of rotatable bonds is 4. The Labute approximate surface area is 159 Å². The van der Waals surface area contributed by atoms with E-state index in [1.807, 2.05) is 54.8 Å². The van der Waals surface area contributed by atoms with Gasteiger partial charge < -0.3 is 9.47 Å². The number of benzene rings is 1. The number of carbonyl (C=O) groups is 1. The highest BCUT2D eigenvalue weighted by Crippen LogP contribution is 2.25. The standard InChI is InChI=1S/C22H24N4O/c1-17-13-23-8-7-21(17)19-5-2-6-20(12-19)22(27)26-10-3-4-18(15-26)14-25-11-9-24-16-25/h2,5-9,11-13,16,18H,3-4,10,14-15H2,1H3. The molecule has 1 saturated heterocycles. The van der Waals surface area contributed by atoms with E-state index >= 15 is 0 Å². The van der Waals surface area contributed by atoms with Gasteiger partial charge in [0.05, 0.1) is 6.33 Å². The molecule has 5 heteroatoms. The Balaban J connectivity index is 1.50. The summed E-state index contributed by atoms with van der Waals surface area (Å²) in [5.41, 5.74) is 4.05. The lowest BCUT2D eigenvalue weighted by atomic mass is 9.96. The predicted molar refractivity (Wildman–Crippen MR) is 105 cm³/mol. The minimum Gasteiger partial charge on any atom is -0.338 e. The largest absolute Gasteiger partial charge is 0.338 e. The van der Waals surface area contributed by atoms with E-state index in [4.69, 9.17) is 0 Å². The van der Waals surface area contributed by atoms with E-state index in [1.165, 1.54) is 0 Å². The predicted octanol–water partition coefficient (Wildman–Crippen LogP) is 3.81. The van der Waals surface area contributed by atoms with E-state index in [0.717, 1.165) is 54.7 Å². The number of aryl methyl sites for hydroxylation is 1. The second-order valence-electron chi connectivity index (χ2n) is 7.29. The van der Waals surface area contributed by atoms with Crippen molar-refractivity contribution in [1.29, 1.82) is 0 Å². The van der Waals surface area contributed by atoms with Gasteiger partial charge in [0.25, 0.3) is 5.91 Å². The maximum absolute atomic E-state index is 13.1. The molecular formula is C22H24N4O. The monoisotopic (exact) mass is 360 g/mol. The maximum atomic E-state index is 13.1. The summed E-state index contributed by atoms with van der Waals surface area (Å²) in [4.78, 5) is 23.4. The van der Waals surface area contributed by atoms with Gasteiger partial charge in [0, 0.05) is 50.0 Å². The SMILES string of the molecule is Cc1cnccc1-c1cccc(C(=O)N2CCCC(Cn3ccnc3)C2)c1. The van der Waals surface area contributed by atoms with Crippen molar-refractivity contribution < 1.29 is 4.79 Å². The van der Waals surface area contributed by atoms with Crippen LogP contribution in [-0.4, -0.2) is 38.4 Å². The highest BCUT2D eigenvalue weighted by molar-refractivity contribution is 5.95. The zero-order chi connectivity index (χ0) is 18.6. The fraction of sp³-hybridized carbons (Fsp3) is 0.318. The van der Waals surface area contributed by atoms with Crippen LogP contribution in [0, 0.1) is 12.8 Å². The maximum Gasteiger partial charge on any atom is 0.253 e. The third-order valence-corrected chi connectivity index (χ3v) is 5.28. The summed E-state index contributed by atoms with van der Waals surface area (Å²) >= 11 is 0. The summed E-state index contributed by atoms with van der Waals surface area (Å²) in [7, 11) is 0. The molecule has 0 N–H and O–H groups in total. The summed E-state index contributed by atoms with van der Waals surface area (Å²) in [5.74, 6) is 0.599. The summed E-state index contributed by atoms with van der Waals surface area (Å²) < 4.78 is 2.10. The molecule has 0 aliphatic carbocycles. The van der Waals surface area contributed by atoms with Crippen LogP contribution >= 0.6 is 0 Å². The summed E-state index contributed by atoms with van der Waals surface area (Å²) in [6, 6.07) is 9.94. The molecule has 1 aliphatic heterocycles. The Morgan fingerprint density at radius 1 is 1.22 bits per heavy atom. The van der Waals surface area contributed by atoms with Gasteiger partial charge in [0.2, 0.25) is 0 Å². The Hall–Kier alpha value is -2.95. The molecule has 3 aromatic rings. The molecule has 1 aromatic carbocycles. The first-order valence-corrected chi connectivity index (χ1v) is 9.47. The number of pyridine rings is 1. The molecule has 0 saturated carbocycles. The van der Waals surface area contributed by atoms with Crippen LogP contribution in [0.2, 0.25) is 0 Å². The third-order valence-electron chi connectivity index (χ3n) is 5.28. The van der Waals surface area contributed by atoms with Crippen LogP contribution in [0.5, 0.6) is 0 Å². The van der Waals surface area contributed by atoms with E-state index in [2.05, 4.69) is 20.6 Å². The molecular weight excluding hydrogens is 336 g/mol. The van der Waals surface area contributed by atoms with Gasteiger partial charge in [-0.3, -0.25) is 9.78 Å². The lowest BCUT2D eigenvalue weighted by Crippen LogP contribution is -2.41. The highest BCUT2D eigenvalue weighted by Gasteiger charge is 2.25. The van der Waals surface area contributed by atoms with Crippen molar-refractivity contribution in [2.24, 2.45) is 5.92 Å². The van der Waals surface area contributed by atoms with Gasteiger partial charge >= 0.3 is 0 Å². The number of amides is 1. The van der Waals surface area contributed by atoms with Crippen LogP contribution < -0.4 is 0 Å². The molecule has 1 unspecified atom stereocenters. The lowest BCUT2D eigenvalue weighted by Gasteiger charge is -2.33. The zero-order valence-electron chi connectivity index (χ0n) is 15.6. The number of nitrogens with zero attached hydrogens (tertiary/aromatic N) is 4. The Morgan fingerprint density at radius 2 is 2.15 bits per heavy atom. The molecule has 27 heavy (non-hydrogen) atoms. The van der Waals surface area contributed by atoms with E-state index in [9.17, 15) is 4.79 Å². The van der Waals surface area contributed by atoms with Crippen molar-refractivity contribution in [2.75, 3.05) is 13.1 Å². The molecule has 0 bridgehead atoms. The summed E-state index contributed by atoms with van der Waals surface area (Å²) in [5, 5.41) is 0. The number of likely N-dealkylation sites (tertiary alicyclic amines) is 1. The molecule has 3 heterocycles. The first-order valence-electron chi connectivity index (χ1n) is 9.47. The van der Waals surface area contributed by atoms with E-state index < -0.39 is 0 Å². The number of imidazole rings is 1. The van der Waals surface area contributed by atoms with Gasteiger partial charge in [-0.2, -0.15) is 0 Å². The van der Waals surface area contributed by atoms with Gasteiger partial charge in [0.1, 0.15) is 0 Å². The number of aromatic nitrogens is 3. The van der Waals surface area contributed by atoms with E-state index in [-0.39, 0.29) is 5.91 Å². The molecule has 1 aliphatic rings. The second kappa shape index (κ2) is 7.74. The average molecular weight is 360 g/mol. The molecule has 4 rings (SSSR count). The van der Waals surface area contributed by atoms with E-state index in [1.54, 1.807) is 12.4 Å². The first-order chi connectivity index (χ1) is 13.2. The third kappa shape index (κ3) is 3.92. The fourth-order valence-electron chi connectivity index (χ4n) is 3.89. The Morgan fingerprint density at radius 3 is 2.96 bits per heavy atom. The Bertz CT molecular complexity index is 920. The minimum atomic E-state index is 0.124.